The molecule has 0 saturated carbocycles. The van der Waals surface area contributed by atoms with Crippen LogP contribution in [0.15, 0.2) is 30.6 Å². The standard InChI is InChI=1S/C16H19F3N4O/c1-3-7-23-15(20-10-21-23)11(2)22-14(24)9-12-5-4-6-13(8-12)16(17,18)19/h4-6,8,10-11H,3,7,9H2,1-2H3,(H,22,24). The predicted molar refractivity (Wildman–Crippen MR) is 82.0 cm³/mol. The van der Waals surface area contributed by atoms with Crippen molar-refractivity contribution in [3.05, 3.63) is 47.5 Å². The number of nitrogens with one attached hydrogen (secondary N) is 1. The molecule has 0 radical (unpaired) electrons. The van der Waals surface area contributed by atoms with E-state index in [1.165, 1.54) is 18.5 Å². The molecule has 1 amide bonds. The van der Waals surface area contributed by atoms with Crippen LogP contribution in [0.5, 0.6) is 0 Å². The molecule has 1 unspecified atom stereocenters. The molecule has 0 bridgehead atoms. The summed E-state index contributed by atoms with van der Waals surface area (Å²) in [5, 5.41) is 6.83. The number of rotatable bonds is 6. The summed E-state index contributed by atoms with van der Waals surface area (Å²) in [6, 6.07) is 4.39. The molecule has 1 heterocycles. The first-order valence-electron chi connectivity index (χ1n) is 7.64. The molecule has 1 atom stereocenters. The van der Waals surface area contributed by atoms with Crippen molar-refractivity contribution >= 4 is 5.91 Å². The van der Waals surface area contributed by atoms with Crippen LogP contribution in [0.25, 0.3) is 0 Å². The summed E-state index contributed by atoms with van der Waals surface area (Å²) in [5.74, 6) is 0.252. The largest absolute Gasteiger partial charge is 0.416 e. The monoisotopic (exact) mass is 340 g/mol. The zero-order valence-corrected chi connectivity index (χ0v) is 13.5. The second-order valence-corrected chi connectivity index (χ2v) is 5.51. The number of hydrogen-bond donors (Lipinski definition) is 1. The Labute approximate surface area is 137 Å². The summed E-state index contributed by atoms with van der Waals surface area (Å²) < 4.78 is 39.8. The molecule has 0 aliphatic carbocycles. The second-order valence-electron chi connectivity index (χ2n) is 5.51. The number of carbonyl (C=O) groups is 1. The van der Waals surface area contributed by atoms with Gasteiger partial charge in [0.1, 0.15) is 12.2 Å². The molecule has 0 saturated heterocycles. The van der Waals surface area contributed by atoms with Crippen LogP contribution in [0.3, 0.4) is 0 Å². The first kappa shape index (κ1) is 18.0. The van der Waals surface area contributed by atoms with E-state index < -0.39 is 11.7 Å². The highest BCUT2D eigenvalue weighted by atomic mass is 19.4. The fourth-order valence-corrected chi connectivity index (χ4v) is 2.39. The number of benzene rings is 1. The van der Waals surface area contributed by atoms with Gasteiger partial charge < -0.3 is 5.32 Å². The van der Waals surface area contributed by atoms with E-state index in [0.717, 1.165) is 18.6 Å². The predicted octanol–water partition coefficient (Wildman–Crippen LogP) is 3.13. The molecule has 8 heteroatoms. The van der Waals surface area contributed by atoms with Crippen molar-refractivity contribution in [2.45, 2.75) is 45.5 Å². The van der Waals surface area contributed by atoms with Gasteiger partial charge in [0.2, 0.25) is 5.91 Å². The van der Waals surface area contributed by atoms with Crippen molar-refractivity contribution in [3.63, 3.8) is 0 Å². The van der Waals surface area contributed by atoms with Gasteiger partial charge in [-0.25, -0.2) is 9.67 Å². The molecule has 1 aromatic carbocycles. The van der Waals surface area contributed by atoms with Gasteiger partial charge in [-0.1, -0.05) is 25.1 Å². The number of alkyl halides is 3. The Kier molecular flexibility index (Phi) is 5.58. The minimum Gasteiger partial charge on any atom is -0.346 e. The summed E-state index contributed by atoms with van der Waals surface area (Å²) in [6.45, 7) is 4.45. The van der Waals surface area contributed by atoms with Gasteiger partial charge in [-0.15, -0.1) is 0 Å². The Balaban J connectivity index is 2.01. The van der Waals surface area contributed by atoms with E-state index in [1.807, 2.05) is 6.92 Å². The van der Waals surface area contributed by atoms with E-state index in [4.69, 9.17) is 0 Å². The molecule has 2 rings (SSSR count). The summed E-state index contributed by atoms with van der Waals surface area (Å²) in [6.07, 6.45) is -2.26. The van der Waals surface area contributed by atoms with Crippen LogP contribution < -0.4 is 5.32 Å². The number of halogens is 3. The highest BCUT2D eigenvalue weighted by Gasteiger charge is 2.30. The Bertz CT molecular complexity index is 697. The number of hydrogen-bond acceptors (Lipinski definition) is 3. The van der Waals surface area contributed by atoms with Gasteiger partial charge in [-0.3, -0.25) is 4.79 Å². The topological polar surface area (TPSA) is 59.8 Å². The summed E-state index contributed by atoms with van der Waals surface area (Å²) in [7, 11) is 0. The van der Waals surface area contributed by atoms with Crippen LogP contribution in [0.4, 0.5) is 13.2 Å². The first-order chi connectivity index (χ1) is 11.3. The number of aromatic nitrogens is 3. The molecule has 0 aliphatic rings. The van der Waals surface area contributed by atoms with Crippen molar-refractivity contribution in [2.75, 3.05) is 0 Å². The van der Waals surface area contributed by atoms with Crippen LogP contribution in [-0.2, 0) is 23.9 Å². The molecule has 130 valence electrons. The van der Waals surface area contributed by atoms with Gasteiger partial charge in [-0.05, 0) is 25.0 Å². The first-order valence-corrected chi connectivity index (χ1v) is 7.64. The zero-order valence-electron chi connectivity index (χ0n) is 13.5. The van der Waals surface area contributed by atoms with Crippen LogP contribution in [-0.4, -0.2) is 20.7 Å². The van der Waals surface area contributed by atoms with Gasteiger partial charge in [0.15, 0.2) is 0 Å². The van der Waals surface area contributed by atoms with E-state index in [1.54, 1.807) is 11.6 Å². The lowest BCUT2D eigenvalue weighted by Gasteiger charge is -2.15. The van der Waals surface area contributed by atoms with E-state index in [-0.39, 0.29) is 18.4 Å². The molecule has 5 nitrogen and oxygen atoms in total. The van der Waals surface area contributed by atoms with Crippen molar-refractivity contribution in [1.29, 1.82) is 0 Å². The van der Waals surface area contributed by atoms with Crippen molar-refractivity contribution in [1.82, 2.24) is 20.1 Å². The van der Waals surface area contributed by atoms with Gasteiger partial charge >= 0.3 is 6.18 Å². The highest BCUT2D eigenvalue weighted by molar-refractivity contribution is 5.78. The molecular formula is C16H19F3N4O. The summed E-state index contributed by atoms with van der Waals surface area (Å²) in [5.41, 5.74) is -0.451. The summed E-state index contributed by atoms with van der Waals surface area (Å²) >= 11 is 0. The van der Waals surface area contributed by atoms with Crippen LogP contribution >= 0.6 is 0 Å². The third-order valence-electron chi connectivity index (χ3n) is 3.46. The van der Waals surface area contributed by atoms with Crippen molar-refractivity contribution < 1.29 is 18.0 Å². The molecule has 0 spiro atoms. The van der Waals surface area contributed by atoms with Gasteiger partial charge in [-0.2, -0.15) is 18.3 Å². The van der Waals surface area contributed by atoms with E-state index in [9.17, 15) is 18.0 Å². The lowest BCUT2D eigenvalue weighted by molar-refractivity contribution is -0.137. The Morgan fingerprint density at radius 3 is 2.79 bits per heavy atom. The lowest BCUT2D eigenvalue weighted by atomic mass is 10.1. The fraction of sp³-hybridized carbons (Fsp3) is 0.438. The smallest absolute Gasteiger partial charge is 0.346 e. The van der Waals surface area contributed by atoms with E-state index >= 15 is 0 Å². The molecular weight excluding hydrogens is 321 g/mol. The van der Waals surface area contributed by atoms with E-state index in [2.05, 4.69) is 15.4 Å². The zero-order chi connectivity index (χ0) is 17.7. The Hall–Kier alpha value is -2.38. The molecule has 0 aliphatic heterocycles. The van der Waals surface area contributed by atoms with E-state index in [0.29, 0.717) is 17.9 Å². The minimum atomic E-state index is -4.42. The normalized spacial score (nSPS) is 12.9. The number of nitrogens with zero attached hydrogens (tertiary/aromatic N) is 3. The van der Waals surface area contributed by atoms with Crippen molar-refractivity contribution in [3.8, 4) is 0 Å². The number of amides is 1. The number of carbonyl (C=O) groups excluding carboxylic acids is 1. The Morgan fingerprint density at radius 2 is 2.12 bits per heavy atom. The maximum atomic E-state index is 12.7. The fourth-order valence-electron chi connectivity index (χ4n) is 2.39. The average molecular weight is 340 g/mol. The molecule has 24 heavy (non-hydrogen) atoms. The highest BCUT2D eigenvalue weighted by Crippen LogP contribution is 2.29. The molecule has 1 N–H and O–H groups in total. The third-order valence-corrected chi connectivity index (χ3v) is 3.46. The lowest BCUT2D eigenvalue weighted by Crippen LogP contribution is -2.30. The second kappa shape index (κ2) is 7.46. The van der Waals surface area contributed by atoms with Gasteiger partial charge in [0, 0.05) is 6.54 Å². The quantitative estimate of drug-likeness (QED) is 0.879. The average Bonchev–Trinajstić information content (AvgIpc) is 2.95. The van der Waals surface area contributed by atoms with Crippen LogP contribution in [0, 0.1) is 0 Å². The van der Waals surface area contributed by atoms with Crippen LogP contribution in [0.2, 0.25) is 0 Å². The SMILES string of the molecule is CCCn1ncnc1C(C)NC(=O)Cc1cccc(C(F)(F)F)c1. The number of aryl methyl sites for hydroxylation is 1. The van der Waals surface area contributed by atoms with Crippen molar-refractivity contribution in [2.24, 2.45) is 0 Å². The molecule has 0 fully saturated rings. The van der Waals surface area contributed by atoms with Gasteiger partial charge in [0.05, 0.1) is 18.0 Å². The Morgan fingerprint density at radius 1 is 1.38 bits per heavy atom. The van der Waals surface area contributed by atoms with Crippen LogP contribution in [0.1, 0.15) is 43.3 Å². The van der Waals surface area contributed by atoms with Gasteiger partial charge in [0.25, 0.3) is 0 Å². The minimum absolute atomic E-state index is 0.129. The molecule has 1 aromatic heterocycles. The molecule has 2 aromatic rings. The maximum Gasteiger partial charge on any atom is 0.416 e. The summed E-state index contributed by atoms with van der Waals surface area (Å²) in [4.78, 5) is 16.2. The maximum absolute atomic E-state index is 12.7. The third kappa shape index (κ3) is 4.56.